The zero-order valence-electron chi connectivity index (χ0n) is 7.97. The number of nitrogens with zero attached hydrogens (tertiary/aromatic N) is 1. The fourth-order valence-electron chi connectivity index (χ4n) is 1.11. The third-order valence-electron chi connectivity index (χ3n) is 1.91. The van der Waals surface area contributed by atoms with E-state index >= 15 is 0 Å². The molecule has 16 heavy (non-hydrogen) atoms. The van der Waals surface area contributed by atoms with Gasteiger partial charge < -0.3 is 15.3 Å². The van der Waals surface area contributed by atoms with Crippen LogP contribution in [0.2, 0.25) is 0 Å². The van der Waals surface area contributed by atoms with Crippen LogP contribution in [0, 0.1) is 11.8 Å². The maximum absolute atomic E-state index is 12.7. The summed E-state index contributed by atoms with van der Waals surface area (Å²) in [5, 5.41) is 27.0. The summed E-state index contributed by atoms with van der Waals surface area (Å²) >= 11 is 0. The first kappa shape index (κ1) is 12.5. The van der Waals surface area contributed by atoms with Crippen molar-refractivity contribution >= 4 is 5.97 Å². The number of rotatable bonds is 4. The molecule has 1 heterocycles. The van der Waals surface area contributed by atoms with Gasteiger partial charge in [0.05, 0.1) is 12.5 Å². The van der Waals surface area contributed by atoms with Crippen molar-refractivity contribution in [3.63, 3.8) is 0 Å². The lowest BCUT2D eigenvalue weighted by Crippen LogP contribution is -2.22. The fraction of sp³-hybridized carbons (Fsp3) is 0.333. The lowest BCUT2D eigenvalue weighted by atomic mass is 10.0. The number of aliphatic hydroxyl groups excluding tert-OH is 2. The second-order valence-electron chi connectivity index (χ2n) is 3.15. The van der Waals surface area contributed by atoms with Crippen LogP contribution >= 0.6 is 0 Å². The van der Waals surface area contributed by atoms with Gasteiger partial charge in [0.25, 0.3) is 0 Å². The average Bonchev–Trinajstić information content (AvgIpc) is 2.20. The molecule has 2 unspecified atom stereocenters. The number of halogens is 2. The summed E-state index contributed by atoms with van der Waals surface area (Å²) in [6.45, 7) is 0. The van der Waals surface area contributed by atoms with Crippen molar-refractivity contribution in [2.45, 2.75) is 18.6 Å². The number of aromatic nitrogens is 1. The summed E-state index contributed by atoms with van der Waals surface area (Å²) in [5.41, 5.74) is -0.187. The first-order valence-electron chi connectivity index (χ1n) is 4.30. The number of carbonyl (C=O) groups is 1. The third kappa shape index (κ3) is 2.94. The number of aliphatic carboxylic acids is 1. The molecule has 0 saturated heterocycles. The van der Waals surface area contributed by atoms with Crippen molar-refractivity contribution in [3.8, 4) is 0 Å². The molecule has 0 radical (unpaired) electrons. The molecule has 0 aliphatic heterocycles. The van der Waals surface area contributed by atoms with E-state index in [1.165, 1.54) is 0 Å². The van der Waals surface area contributed by atoms with Crippen LogP contribution in [0.3, 0.4) is 0 Å². The van der Waals surface area contributed by atoms with Gasteiger partial charge >= 0.3 is 5.97 Å². The normalized spacial score (nSPS) is 14.5. The van der Waals surface area contributed by atoms with Crippen LogP contribution in [-0.4, -0.2) is 32.4 Å². The lowest BCUT2D eigenvalue weighted by molar-refractivity contribution is -0.141. The summed E-state index contributed by atoms with van der Waals surface area (Å²) in [7, 11) is 0. The summed E-state index contributed by atoms with van der Waals surface area (Å²) in [6.07, 6.45) is -3.11. The van der Waals surface area contributed by atoms with E-state index in [-0.39, 0.29) is 5.56 Å². The molecule has 2 atom stereocenters. The highest BCUT2D eigenvalue weighted by Crippen LogP contribution is 2.19. The van der Waals surface area contributed by atoms with Gasteiger partial charge in [-0.25, -0.2) is 9.37 Å². The van der Waals surface area contributed by atoms with Gasteiger partial charge in [-0.1, -0.05) is 0 Å². The SMILES string of the molecule is O=C(O)CC(O)C(O)c1cnc(F)c(F)c1. The first-order chi connectivity index (χ1) is 7.41. The van der Waals surface area contributed by atoms with Crippen LogP contribution in [0.25, 0.3) is 0 Å². The van der Waals surface area contributed by atoms with E-state index in [1.54, 1.807) is 0 Å². The molecule has 3 N–H and O–H groups in total. The monoisotopic (exact) mass is 233 g/mol. The van der Waals surface area contributed by atoms with E-state index in [4.69, 9.17) is 5.11 Å². The van der Waals surface area contributed by atoms with Crippen molar-refractivity contribution in [1.29, 1.82) is 0 Å². The topological polar surface area (TPSA) is 90.7 Å². The van der Waals surface area contributed by atoms with Crippen molar-refractivity contribution in [2.75, 3.05) is 0 Å². The van der Waals surface area contributed by atoms with E-state index in [0.717, 1.165) is 6.20 Å². The molecular formula is C9H9F2NO4. The maximum Gasteiger partial charge on any atom is 0.306 e. The highest BCUT2D eigenvalue weighted by Gasteiger charge is 2.22. The Balaban J connectivity index is 2.83. The predicted molar refractivity (Wildman–Crippen MR) is 47.4 cm³/mol. The molecule has 0 spiro atoms. The van der Waals surface area contributed by atoms with Gasteiger partial charge in [-0.15, -0.1) is 0 Å². The van der Waals surface area contributed by atoms with Gasteiger partial charge in [-0.2, -0.15) is 4.39 Å². The third-order valence-corrected chi connectivity index (χ3v) is 1.91. The summed E-state index contributed by atoms with van der Waals surface area (Å²) in [5.74, 6) is -3.93. The van der Waals surface area contributed by atoms with E-state index in [2.05, 4.69) is 4.98 Å². The Hall–Kier alpha value is -1.60. The Kier molecular flexibility index (Phi) is 3.86. The summed E-state index contributed by atoms with van der Waals surface area (Å²) in [4.78, 5) is 13.2. The average molecular weight is 233 g/mol. The standard InChI is InChI=1S/C9H9F2NO4/c10-5-1-4(3-12-9(5)11)8(16)6(13)2-7(14)15/h1,3,6,8,13,16H,2H2,(H,14,15). The number of aliphatic hydroxyl groups is 2. The molecule has 0 fully saturated rings. The smallest absolute Gasteiger partial charge is 0.306 e. The van der Waals surface area contributed by atoms with Gasteiger partial charge in [0, 0.05) is 11.8 Å². The van der Waals surface area contributed by atoms with Crippen LogP contribution in [0.15, 0.2) is 12.3 Å². The Morgan fingerprint density at radius 1 is 1.44 bits per heavy atom. The van der Waals surface area contributed by atoms with Gasteiger partial charge in [0.2, 0.25) is 5.95 Å². The zero-order chi connectivity index (χ0) is 12.3. The fourth-order valence-corrected chi connectivity index (χ4v) is 1.11. The lowest BCUT2D eigenvalue weighted by Gasteiger charge is -2.15. The number of carboxylic acid groups (broad SMARTS) is 1. The number of hydrogen-bond donors (Lipinski definition) is 3. The number of carboxylic acids is 1. The first-order valence-corrected chi connectivity index (χ1v) is 4.30. The Morgan fingerprint density at radius 2 is 2.06 bits per heavy atom. The summed E-state index contributed by atoms with van der Waals surface area (Å²) in [6, 6.07) is 0.651. The molecular weight excluding hydrogens is 224 g/mol. The van der Waals surface area contributed by atoms with Gasteiger partial charge in [-0.05, 0) is 6.07 Å². The minimum atomic E-state index is -1.63. The minimum Gasteiger partial charge on any atom is -0.481 e. The van der Waals surface area contributed by atoms with Crippen LogP contribution in [-0.2, 0) is 4.79 Å². The quantitative estimate of drug-likeness (QED) is 0.647. The number of hydrogen-bond acceptors (Lipinski definition) is 4. The van der Waals surface area contributed by atoms with Gasteiger partial charge in [0.15, 0.2) is 5.82 Å². The van der Waals surface area contributed by atoms with E-state index in [9.17, 15) is 23.8 Å². The molecule has 0 saturated carbocycles. The molecule has 0 bridgehead atoms. The van der Waals surface area contributed by atoms with E-state index in [0.29, 0.717) is 6.07 Å². The molecule has 1 aromatic heterocycles. The molecule has 7 heteroatoms. The highest BCUT2D eigenvalue weighted by atomic mass is 19.2. The number of pyridine rings is 1. The van der Waals surface area contributed by atoms with Gasteiger partial charge in [0.1, 0.15) is 6.10 Å². The van der Waals surface area contributed by atoms with Crippen LogP contribution in [0.5, 0.6) is 0 Å². The van der Waals surface area contributed by atoms with Crippen molar-refractivity contribution < 1.29 is 28.9 Å². The Labute approximate surface area is 89.0 Å². The van der Waals surface area contributed by atoms with Crippen molar-refractivity contribution in [3.05, 3.63) is 29.6 Å². The molecule has 0 aliphatic carbocycles. The Morgan fingerprint density at radius 3 is 2.56 bits per heavy atom. The molecule has 0 aliphatic rings. The molecule has 1 rings (SSSR count). The van der Waals surface area contributed by atoms with Crippen molar-refractivity contribution in [2.24, 2.45) is 0 Å². The largest absolute Gasteiger partial charge is 0.481 e. The molecule has 1 aromatic rings. The molecule has 5 nitrogen and oxygen atoms in total. The van der Waals surface area contributed by atoms with Crippen LogP contribution < -0.4 is 0 Å². The molecule has 88 valence electrons. The molecule has 0 aromatic carbocycles. The maximum atomic E-state index is 12.7. The highest BCUT2D eigenvalue weighted by molar-refractivity contribution is 5.67. The second-order valence-corrected chi connectivity index (χ2v) is 3.15. The second kappa shape index (κ2) is 4.95. The van der Waals surface area contributed by atoms with Crippen LogP contribution in [0.1, 0.15) is 18.1 Å². The van der Waals surface area contributed by atoms with Crippen LogP contribution in [0.4, 0.5) is 8.78 Å². The molecule has 0 amide bonds. The minimum absolute atomic E-state index is 0.187. The van der Waals surface area contributed by atoms with E-state index < -0.39 is 36.4 Å². The van der Waals surface area contributed by atoms with E-state index in [1.807, 2.05) is 0 Å². The predicted octanol–water partition coefficient (Wildman–Crippen LogP) is 0.229. The van der Waals surface area contributed by atoms with Crippen molar-refractivity contribution in [1.82, 2.24) is 4.98 Å². The summed E-state index contributed by atoms with van der Waals surface area (Å²) < 4.78 is 25.2. The Bertz CT molecular complexity index is 399. The zero-order valence-corrected chi connectivity index (χ0v) is 7.97. The van der Waals surface area contributed by atoms with Gasteiger partial charge in [-0.3, -0.25) is 4.79 Å².